The van der Waals surface area contributed by atoms with Crippen molar-refractivity contribution in [3.05, 3.63) is 38.8 Å². The van der Waals surface area contributed by atoms with E-state index in [-0.39, 0.29) is 0 Å². The van der Waals surface area contributed by atoms with E-state index in [0.717, 1.165) is 22.6 Å². The molecule has 0 amide bonds. The van der Waals surface area contributed by atoms with E-state index >= 15 is 0 Å². The lowest BCUT2D eigenvalue weighted by atomic mass is 9.91. The van der Waals surface area contributed by atoms with Gasteiger partial charge < -0.3 is 5.32 Å². The van der Waals surface area contributed by atoms with Crippen molar-refractivity contribution in [3.63, 3.8) is 0 Å². The number of aromatic nitrogens is 1. The quantitative estimate of drug-likeness (QED) is 0.833. The molecule has 21 heavy (non-hydrogen) atoms. The Hall–Kier alpha value is -0.710. The number of likely N-dealkylation sites (N-methyl/N-ethyl adjacent to an activating group) is 1. The molecule has 1 heterocycles. The van der Waals surface area contributed by atoms with E-state index < -0.39 is 0 Å². The maximum Gasteiger partial charge on any atom is 0.125 e. The molecule has 1 aromatic heterocycles. The van der Waals surface area contributed by atoms with Crippen molar-refractivity contribution in [3.8, 4) is 10.6 Å². The Morgan fingerprint density at radius 3 is 3.05 bits per heavy atom. The third-order valence-electron chi connectivity index (χ3n) is 4.07. The van der Waals surface area contributed by atoms with Crippen LogP contribution in [0.5, 0.6) is 0 Å². The highest BCUT2D eigenvalue weighted by Gasteiger charge is 2.25. The summed E-state index contributed by atoms with van der Waals surface area (Å²) in [6, 6.07) is 6.52. The Morgan fingerprint density at radius 1 is 1.43 bits per heavy atom. The van der Waals surface area contributed by atoms with Crippen LogP contribution in [0.4, 0.5) is 0 Å². The minimum atomic E-state index is 0.586. The number of fused-ring (bicyclic) bond motifs is 1. The summed E-state index contributed by atoms with van der Waals surface area (Å²) in [7, 11) is 0. The van der Waals surface area contributed by atoms with Gasteiger partial charge in [0.05, 0.1) is 5.69 Å². The molecule has 0 aliphatic heterocycles. The topological polar surface area (TPSA) is 24.9 Å². The number of nitrogens with zero attached hydrogens (tertiary/aromatic N) is 1. The zero-order chi connectivity index (χ0) is 14.8. The average Bonchev–Trinajstić information content (AvgIpc) is 2.89. The largest absolute Gasteiger partial charge is 0.316 e. The van der Waals surface area contributed by atoms with Crippen LogP contribution in [-0.2, 0) is 6.42 Å². The van der Waals surface area contributed by atoms with Crippen LogP contribution in [0.25, 0.3) is 10.6 Å². The summed E-state index contributed by atoms with van der Waals surface area (Å²) in [6.45, 7) is 6.38. The molecule has 2 aromatic rings. The molecule has 1 aliphatic rings. The third-order valence-corrected chi connectivity index (χ3v) is 5.89. The van der Waals surface area contributed by atoms with Gasteiger partial charge >= 0.3 is 0 Å². The van der Waals surface area contributed by atoms with Crippen LogP contribution in [0, 0.1) is 6.92 Å². The van der Waals surface area contributed by atoms with E-state index in [2.05, 4.69) is 53.3 Å². The first-order chi connectivity index (χ1) is 10.2. The minimum absolute atomic E-state index is 0.586. The van der Waals surface area contributed by atoms with Gasteiger partial charge in [0.15, 0.2) is 0 Å². The number of aryl methyl sites for hydroxylation is 2. The summed E-state index contributed by atoms with van der Waals surface area (Å²) in [4.78, 5) is 6.49. The lowest BCUT2D eigenvalue weighted by molar-refractivity contribution is 0.509. The molecule has 1 atom stereocenters. The highest BCUT2D eigenvalue weighted by atomic mass is 79.9. The van der Waals surface area contributed by atoms with E-state index in [1.54, 1.807) is 0 Å². The lowest BCUT2D eigenvalue weighted by Gasteiger charge is -2.21. The molecule has 1 N–H and O–H groups in total. The second kappa shape index (κ2) is 6.59. The van der Waals surface area contributed by atoms with E-state index in [1.165, 1.54) is 41.0 Å². The SMILES string of the molecule is CCNCC1CCCc2sc(-c3ccc(C)cc3Br)nc21. The van der Waals surface area contributed by atoms with Gasteiger partial charge in [0, 0.05) is 27.4 Å². The molecule has 112 valence electrons. The Bertz CT molecular complexity index is 636. The second-order valence-corrected chi connectivity index (χ2v) is 7.65. The number of halogens is 1. The van der Waals surface area contributed by atoms with Crippen LogP contribution >= 0.6 is 27.3 Å². The first-order valence-corrected chi connectivity index (χ1v) is 9.26. The Balaban J connectivity index is 1.94. The van der Waals surface area contributed by atoms with Gasteiger partial charge in [-0.3, -0.25) is 0 Å². The first kappa shape index (κ1) is 15.2. The summed E-state index contributed by atoms with van der Waals surface area (Å²) in [6.07, 6.45) is 3.75. The molecule has 2 nitrogen and oxygen atoms in total. The third kappa shape index (κ3) is 3.22. The van der Waals surface area contributed by atoms with Gasteiger partial charge in [-0.1, -0.05) is 35.0 Å². The van der Waals surface area contributed by atoms with E-state index in [0.29, 0.717) is 5.92 Å². The van der Waals surface area contributed by atoms with Crippen molar-refractivity contribution in [2.45, 2.75) is 39.0 Å². The van der Waals surface area contributed by atoms with E-state index in [9.17, 15) is 0 Å². The van der Waals surface area contributed by atoms with Crippen LogP contribution in [0.2, 0.25) is 0 Å². The van der Waals surface area contributed by atoms with Crippen molar-refractivity contribution in [1.29, 1.82) is 0 Å². The molecule has 0 saturated carbocycles. The molecule has 0 radical (unpaired) electrons. The van der Waals surface area contributed by atoms with Gasteiger partial charge in [-0.15, -0.1) is 11.3 Å². The highest BCUT2D eigenvalue weighted by molar-refractivity contribution is 9.10. The van der Waals surface area contributed by atoms with Crippen LogP contribution < -0.4 is 5.32 Å². The van der Waals surface area contributed by atoms with Crippen molar-refractivity contribution in [2.75, 3.05) is 13.1 Å². The van der Waals surface area contributed by atoms with Crippen molar-refractivity contribution >= 4 is 27.3 Å². The molecule has 4 heteroatoms. The molecule has 3 rings (SSSR count). The van der Waals surface area contributed by atoms with Crippen molar-refractivity contribution < 1.29 is 0 Å². The number of thiazole rings is 1. The monoisotopic (exact) mass is 364 g/mol. The average molecular weight is 365 g/mol. The van der Waals surface area contributed by atoms with E-state index in [1.807, 2.05) is 11.3 Å². The van der Waals surface area contributed by atoms with Gasteiger partial charge in [-0.2, -0.15) is 0 Å². The standard InChI is InChI=1S/C17H21BrN2S/c1-3-19-10-12-5-4-6-15-16(12)20-17(21-15)13-8-7-11(2)9-14(13)18/h7-9,12,19H,3-6,10H2,1-2H3. The molecule has 0 spiro atoms. The highest BCUT2D eigenvalue weighted by Crippen LogP contribution is 2.40. The second-order valence-electron chi connectivity index (χ2n) is 5.71. The zero-order valence-electron chi connectivity index (χ0n) is 12.6. The van der Waals surface area contributed by atoms with Gasteiger partial charge in [0.25, 0.3) is 0 Å². The summed E-state index contributed by atoms with van der Waals surface area (Å²) < 4.78 is 1.15. The summed E-state index contributed by atoms with van der Waals surface area (Å²) in [5, 5.41) is 4.64. The molecule has 1 aliphatic carbocycles. The zero-order valence-corrected chi connectivity index (χ0v) is 15.0. The number of benzene rings is 1. The van der Waals surface area contributed by atoms with Crippen LogP contribution in [0.3, 0.4) is 0 Å². The molecule has 1 aromatic carbocycles. The number of rotatable bonds is 4. The maximum atomic E-state index is 4.99. The first-order valence-electron chi connectivity index (χ1n) is 7.66. The van der Waals surface area contributed by atoms with Gasteiger partial charge in [-0.25, -0.2) is 4.98 Å². The van der Waals surface area contributed by atoms with Crippen LogP contribution in [0.1, 0.15) is 41.8 Å². The summed E-state index contributed by atoms with van der Waals surface area (Å²) in [5.41, 5.74) is 3.84. The van der Waals surface area contributed by atoms with Crippen molar-refractivity contribution in [2.24, 2.45) is 0 Å². The summed E-state index contributed by atoms with van der Waals surface area (Å²) >= 11 is 5.57. The lowest BCUT2D eigenvalue weighted by Crippen LogP contribution is -2.23. The summed E-state index contributed by atoms with van der Waals surface area (Å²) in [5.74, 6) is 0.586. The fraction of sp³-hybridized carbons (Fsp3) is 0.471. The molecule has 0 fully saturated rings. The number of hydrogen-bond acceptors (Lipinski definition) is 3. The van der Waals surface area contributed by atoms with Crippen LogP contribution in [0.15, 0.2) is 22.7 Å². The van der Waals surface area contributed by atoms with Gasteiger partial charge in [0.2, 0.25) is 0 Å². The fourth-order valence-corrected chi connectivity index (χ4v) is 4.97. The van der Waals surface area contributed by atoms with Gasteiger partial charge in [-0.05, 0) is 44.4 Å². The predicted molar refractivity (Wildman–Crippen MR) is 94.2 cm³/mol. The van der Waals surface area contributed by atoms with E-state index in [4.69, 9.17) is 4.98 Å². The minimum Gasteiger partial charge on any atom is -0.316 e. The molecular weight excluding hydrogens is 344 g/mol. The molecule has 1 unspecified atom stereocenters. The van der Waals surface area contributed by atoms with Crippen molar-refractivity contribution in [1.82, 2.24) is 10.3 Å². The smallest absolute Gasteiger partial charge is 0.125 e. The number of hydrogen-bond donors (Lipinski definition) is 1. The normalized spacial score (nSPS) is 17.8. The maximum absolute atomic E-state index is 4.99. The molecule has 0 bridgehead atoms. The Morgan fingerprint density at radius 2 is 2.29 bits per heavy atom. The van der Waals surface area contributed by atoms with Gasteiger partial charge in [0.1, 0.15) is 5.01 Å². The predicted octanol–water partition coefficient (Wildman–Crippen LogP) is 4.91. The molecule has 0 saturated heterocycles. The Kier molecular flexibility index (Phi) is 4.77. The van der Waals surface area contributed by atoms with Crippen LogP contribution in [-0.4, -0.2) is 18.1 Å². The fourth-order valence-electron chi connectivity index (χ4n) is 2.93. The Labute approximate surface area is 139 Å². The molecular formula is C17H21BrN2S. The number of nitrogens with one attached hydrogen (secondary N) is 1.